The van der Waals surface area contributed by atoms with Crippen LogP contribution in [0.4, 0.5) is 0 Å². The molecule has 0 radical (unpaired) electrons. The molecule has 0 aliphatic heterocycles. The van der Waals surface area contributed by atoms with Gasteiger partial charge in [0.15, 0.2) is 0 Å². The van der Waals surface area contributed by atoms with Gasteiger partial charge in [0.2, 0.25) is 0 Å². The highest BCUT2D eigenvalue weighted by atomic mass is 32.2. The van der Waals surface area contributed by atoms with Crippen LogP contribution in [0.25, 0.3) is 10.2 Å². The van der Waals surface area contributed by atoms with E-state index in [1.54, 1.807) is 23.1 Å². The van der Waals surface area contributed by atoms with E-state index in [0.717, 1.165) is 16.9 Å². The molecule has 15 heavy (non-hydrogen) atoms. The molecule has 0 aliphatic rings. The minimum atomic E-state index is 0.224. The van der Waals surface area contributed by atoms with Crippen molar-refractivity contribution in [2.45, 2.75) is 11.7 Å². The van der Waals surface area contributed by atoms with Crippen LogP contribution in [0.3, 0.4) is 0 Å². The van der Waals surface area contributed by atoms with Crippen LogP contribution in [0.2, 0.25) is 0 Å². The number of fused-ring (bicyclic) bond motifs is 1. The number of hydrogen-bond donors (Lipinski definition) is 1. The van der Waals surface area contributed by atoms with Crippen LogP contribution in [0.5, 0.6) is 0 Å². The van der Waals surface area contributed by atoms with E-state index in [0.29, 0.717) is 5.25 Å². The Labute approximate surface area is 97.4 Å². The molecule has 2 aromatic rings. The summed E-state index contributed by atoms with van der Waals surface area (Å²) >= 11 is 3.48. The van der Waals surface area contributed by atoms with E-state index in [9.17, 15) is 0 Å². The maximum atomic E-state index is 8.97. The second kappa shape index (κ2) is 4.96. The first-order chi connectivity index (χ1) is 7.35. The van der Waals surface area contributed by atoms with Crippen LogP contribution < -0.4 is 0 Å². The van der Waals surface area contributed by atoms with Crippen LogP contribution in [0.15, 0.2) is 24.3 Å². The average molecular weight is 239 g/mol. The molecule has 0 saturated heterocycles. The average Bonchev–Trinajstić information content (AvgIpc) is 2.69. The van der Waals surface area contributed by atoms with Gasteiger partial charge in [0.25, 0.3) is 0 Å². The molecule has 2 nitrogen and oxygen atoms in total. The van der Waals surface area contributed by atoms with Crippen molar-refractivity contribution in [3.8, 4) is 0 Å². The standard InChI is InChI=1S/C11H13NOS2/c1-14-10(6-7-13)11-12-8-4-2-3-5-9(8)15-11/h2-5,10,13H,6-7H2,1H3. The van der Waals surface area contributed by atoms with Gasteiger partial charge in [-0.05, 0) is 24.8 Å². The number of benzene rings is 1. The van der Waals surface area contributed by atoms with Crippen molar-refractivity contribution in [1.82, 2.24) is 4.98 Å². The molecule has 1 aromatic heterocycles. The molecule has 1 N–H and O–H groups in total. The lowest BCUT2D eigenvalue weighted by atomic mass is 10.3. The number of aromatic nitrogens is 1. The predicted octanol–water partition coefficient (Wildman–Crippen LogP) is 3.08. The van der Waals surface area contributed by atoms with E-state index in [2.05, 4.69) is 17.3 Å². The van der Waals surface area contributed by atoms with E-state index in [1.807, 2.05) is 18.2 Å². The molecular formula is C11H13NOS2. The fraction of sp³-hybridized carbons (Fsp3) is 0.364. The van der Waals surface area contributed by atoms with Crippen molar-refractivity contribution in [1.29, 1.82) is 0 Å². The van der Waals surface area contributed by atoms with Gasteiger partial charge in [0.1, 0.15) is 5.01 Å². The van der Waals surface area contributed by atoms with Gasteiger partial charge in [-0.3, -0.25) is 0 Å². The summed E-state index contributed by atoms with van der Waals surface area (Å²) in [6.07, 6.45) is 2.84. The van der Waals surface area contributed by atoms with Crippen LogP contribution in [-0.2, 0) is 0 Å². The van der Waals surface area contributed by atoms with Crippen molar-refractivity contribution in [2.75, 3.05) is 12.9 Å². The SMILES string of the molecule is CSC(CCO)c1nc2ccccc2s1. The molecule has 80 valence electrons. The molecule has 0 amide bonds. The Bertz CT molecular complexity index is 408. The van der Waals surface area contributed by atoms with Gasteiger partial charge in [0, 0.05) is 6.61 Å². The highest BCUT2D eigenvalue weighted by Gasteiger charge is 2.14. The molecule has 1 aromatic carbocycles. The van der Waals surface area contributed by atoms with E-state index in [4.69, 9.17) is 5.11 Å². The molecule has 0 saturated carbocycles. The number of nitrogens with zero attached hydrogens (tertiary/aromatic N) is 1. The van der Waals surface area contributed by atoms with Gasteiger partial charge in [-0.1, -0.05) is 12.1 Å². The summed E-state index contributed by atoms with van der Waals surface area (Å²) in [4.78, 5) is 4.59. The van der Waals surface area contributed by atoms with Crippen LogP contribution in [0.1, 0.15) is 16.7 Å². The first kappa shape index (κ1) is 10.9. The minimum Gasteiger partial charge on any atom is -0.396 e. The van der Waals surface area contributed by atoms with Crippen molar-refractivity contribution in [3.05, 3.63) is 29.3 Å². The molecule has 1 heterocycles. The van der Waals surface area contributed by atoms with Crippen LogP contribution in [-0.4, -0.2) is 23.0 Å². The number of thiazole rings is 1. The monoisotopic (exact) mass is 239 g/mol. The molecule has 0 fully saturated rings. The summed E-state index contributed by atoms with van der Waals surface area (Å²) in [5, 5.41) is 10.4. The Morgan fingerprint density at radius 3 is 2.93 bits per heavy atom. The van der Waals surface area contributed by atoms with Crippen molar-refractivity contribution in [3.63, 3.8) is 0 Å². The largest absolute Gasteiger partial charge is 0.396 e. The Balaban J connectivity index is 2.34. The number of rotatable bonds is 4. The summed E-state index contributed by atoms with van der Waals surface area (Å²) in [6.45, 7) is 0.224. The Morgan fingerprint density at radius 2 is 2.27 bits per heavy atom. The van der Waals surface area contributed by atoms with E-state index in [-0.39, 0.29) is 6.61 Å². The zero-order chi connectivity index (χ0) is 10.7. The number of aliphatic hydroxyl groups is 1. The lowest BCUT2D eigenvalue weighted by molar-refractivity contribution is 0.287. The van der Waals surface area contributed by atoms with Gasteiger partial charge in [-0.2, -0.15) is 11.8 Å². The van der Waals surface area contributed by atoms with Crippen molar-refractivity contribution < 1.29 is 5.11 Å². The summed E-state index contributed by atoms with van der Waals surface area (Å²) in [7, 11) is 0. The predicted molar refractivity (Wildman–Crippen MR) is 67.6 cm³/mol. The van der Waals surface area contributed by atoms with Gasteiger partial charge in [0.05, 0.1) is 15.5 Å². The maximum Gasteiger partial charge on any atom is 0.107 e. The third-order valence-corrected chi connectivity index (χ3v) is 4.59. The lowest BCUT2D eigenvalue weighted by Gasteiger charge is -2.08. The van der Waals surface area contributed by atoms with E-state index >= 15 is 0 Å². The molecule has 4 heteroatoms. The second-order valence-corrected chi connectivity index (χ2v) is 5.36. The second-order valence-electron chi connectivity index (χ2n) is 3.26. The van der Waals surface area contributed by atoms with Crippen LogP contribution >= 0.6 is 23.1 Å². The van der Waals surface area contributed by atoms with E-state index < -0.39 is 0 Å². The first-order valence-electron chi connectivity index (χ1n) is 4.84. The van der Waals surface area contributed by atoms with Gasteiger partial charge in [-0.25, -0.2) is 4.98 Å². The van der Waals surface area contributed by atoms with Crippen LogP contribution in [0, 0.1) is 0 Å². The summed E-state index contributed by atoms with van der Waals surface area (Å²) in [5.74, 6) is 0. The number of para-hydroxylation sites is 1. The number of aliphatic hydroxyl groups excluding tert-OH is 1. The Kier molecular flexibility index (Phi) is 3.61. The van der Waals surface area contributed by atoms with E-state index in [1.165, 1.54) is 4.70 Å². The van der Waals surface area contributed by atoms with Gasteiger partial charge >= 0.3 is 0 Å². The zero-order valence-corrected chi connectivity index (χ0v) is 10.1. The number of hydrogen-bond acceptors (Lipinski definition) is 4. The Hall–Kier alpha value is -0.580. The third kappa shape index (κ3) is 2.33. The summed E-state index contributed by atoms with van der Waals surface area (Å²) < 4.78 is 1.23. The number of thioether (sulfide) groups is 1. The highest BCUT2D eigenvalue weighted by Crippen LogP contribution is 2.35. The van der Waals surface area contributed by atoms with Gasteiger partial charge in [-0.15, -0.1) is 11.3 Å². The van der Waals surface area contributed by atoms with Crippen molar-refractivity contribution >= 4 is 33.3 Å². The summed E-state index contributed by atoms with van der Waals surface area (Å²) in [6, 6.07) is 8.16. The third-order valence-electron chi connectivity index (χ3n) is 2.26. The summed E-state index contributed by atoms with van der Waals surface area (Å²) in [5.41, 5.74) is 1.06. The fourth-order valence-corrected chi connectivity index (χ4v) is 3.50. The molecule has 1 atom stereocenters. The van der Waals surface area contributed by atoms with Gasteiger partial charge < -0.3 is 5.11 Å². The highest BCUT2D eigenvalue weighted by molar-refractivity contribution is 7.98. The smallest absolute Gasteiger partial charge is 0.107 e. The molecule has 1 unspecified atom stereocenters. The fourth-order valence-electron chi connectivity index (χ4n) is 1.49. The molecule has 0 spiro atoms. The minimum absolute atomic E-state index is 0.224. The van der Waals surface area contributed by atoms with Crippen molar-refractivity contribution in [2.24, 2.45) is 0 Å². The normalized spacial score (nSPS) is 13.2. The zero-order valence-electron chi connectivity index (χ0n) is 8.51. The first-order valence-corrected chi connectivity index (χ1v) is 6.94. The lowest BCUT2D eigenvalue weighted by Crippen LogP contribution is -1.95. The molecule has 0 bridgehead atoms. The molecule has 2 rings (SSSR count). The maximum absolute atomic E-state index is 8.97. The topological polar surface area (TPSA) is 33.1 Å². The molecular weight excluding hydrogens is 226 g/mol. The molecule has 0 aliphatic carbocycles. The Morgan fingerprint density at radius 1 is 1.47 bits per heavy atom. The quantitative estimate of drug-likeness (QED) is 0.890.